The maximum Gasteiger partial charge on any atom is 0.122 e. The molecule has 0 saturated carbocycles. The van der Waals surface area contributed by atoms with Gasteiger partial charge in [-0.15, -0.1) is 0 Å². The third-order valence-electron chi connectivity index (χ3n) is 4.78. The molecule has 1 aromatic rings. The Hall–Kier alpha value is -0.910. The van der Waals surface area contributed by atoms with E-state index in [1.807, 2.05) is 6.20 Å². The first-order valence-electron chi connectivity index (χ1n) is 7.34. The number of imidazole rings is 1. The highest BCUT2D eigenvalue weighted by Crippen LogP contribution is 2.33. The van der Waals surface area contributed by atoms with Crippen molar-refractivity contribution in [1.29, 1.82) is 0 Å². The van der Waals surface area contributed by atoms with E-state index in [1.165, 1.54) is 5.82 Å². The molecule has 0 spiro atoms. The third kappa shape index (κ3) is 2.30. The highest BCUT2D eigenvalue weighted by atomic mass is 16.5. The standard InChI is InChI=1S/C14H24N4O/c1-2-12-9-14(11-15,3-8-19-12)18-7-6-17-5-4-16-13(17)10-18/h4-5,12H,2-3,6-11,15H2,1H3. The lowest BCUT2D eigenvalue weighted by Crippen LogP contribution is -2.60. The highest BCUT2D eigenvalue weighted by Gasteiger charge is 2.41. The van der Waals surface area contributed by atoms with Gasteiger partial charge in [-0.1, -0.05) is 6.92 Å². The first-order valence-corrected chi connectivity index (χ1v) is 7.34. The normalized spacial score (nSPS) is 32.2. The van der Waals surface area contributed by atoms with Crippen molar-refractivity contribution in [2.75, 3.05) is 19.7 Å². The number of hydrogen-bond acceptors (Lipinski definition) is 4. The van der Waals surface area contributed by atoms with E-state index in [4.69, 9.17) is 10.5 Å². The predicted molar refractivity (Wildman–Crippen MR) is 73.7 cm³/mol. The Balaban J connectivity index is 1.79. The largest absolute Gasteiger partial charge is 0.378 e. The number of nitrogens with zero attached hydrogens (tertiary/aromatic N) is 3. The summed E-state index contributed by atoms with van der Waals surface area (Å²) in [5.74, 6) is 1.17. The van der Waals surface area contributed by atoms with Crippen LogP contribution in [0.15, 0.2) is 12.4 Å². The van der Waals surface area contributed by atoms with Crippen LogP contribution in [-0.2, 0) is 17.8 Å². The zero-order valence-electron chi connectivity index (χ0n) is 11.7. The van der Waals surface area contributed by atoms with Crippen LogP contribution in [0.3, 0.4) is 0 Å². The maximum atomic E-state index is 6.16. The number of ether oxygens (including phenoxy) is 1. The van der Waals surface area contributed by atoms with Gasteiger partial charge in [0.1, 0.15) is 5.82 Å². The molecule has 0 amide bonds. The van der Waals surface area contributed by atoms with E-state index < -0.39 is 0 Å². The molecule has 3 rings (SSSR count). The summed E-state index contributed by atoms with van der Waals surface area (Å²) in [6.45, 7) is 6.75. The van der Waals surface area contributed by atoms with E-state index in [9.17, 15) is 0 Å². The molecular formula is C14H24N4O. The first kappa shape index (κ1) is 13.1. The summed E-state index contributed by atoms with van der Waals surface area (Å²) in [4.78, 5) is 7.00. The van der Waals surface area contributed by atoms with E-state index in [-0.39, 0.29) is 5.54 Å². The Morgan fingerprint density at radius 2 is 2.42 bits per heavy atom. The Kier molecular flexibility index (Phi) is 3.60. The van der Waals surface area contributed by atoms with Crippen LogP contribution in [0, 0.1) is 0 Å². The fraction of sp³-hybridized carbons (Fsp3) is 0.786. The lowest BCUT2D eigenvalue weighted by molar-refractivity contribution is -0.0797. The molecule has 1 aromatic heterocycles. The van der Waals surface area contributed by atoms with Crippen LogP contribution in [0.1, 0.15) is 32.0 Å². The summed E-state index contributed by atoms with van der Waals surface area (Å²) in [6, 6.07) is 0. The number of hydrogen-bond donors (Lipinski definition) is 1. The molecule has 3 heterocycles. The molecule has 2 aliphatic rings. The lowest BCUT2D eigenvalue weighted by Gasteiger charge is -2.49. The Morgan fingerprint density at radius 3 is 3.21 bits per heavy atom. The SMILES string of the molecule is CCC1CC(CN)(N2CCn3ccnc3C2)CCO1. The fourth-order valence-electron chi connectivity index (χ4n) is 3.44. The second-order valence-electron chi connectivity index (χ2n) is 5.74. The number of nitrogens with two attached hydrogens (primary N) is 1. The van der Waals surface area contributed by atoms with Crippen LogP contribution < -0.4 is 5.73 Å². The van der Waals surface area contributed by atoms with Crippen LogP contribution in [0.4, 0.5) is 0 Å². The quantitative estimate of drug-likeness (QED) is 0.884. The van der Waals surface area contributed by atoms with Gasteiger partial charge in [-0.3, -0.25) is 4.90 Å². The summed E-state index contributed by atoms with van der Waals surface area (Å²) < 4.78 is 8.07. The van der Waals surface area contributed by atoms with Gasteiger partial charge in [-0.2, -0.15) is 0 Å². The number of aromatic nitrogens is 2. The molecule has 2 unspecified atom stereocenters. The molecule has 1 saturated heterocycles. The Morgan fingerprint density at radius 1 is 1.53 bits per heavy atom. The minimum absolute atomic E-state index is 0.107. The lowest BCUT2D eigenvalue weighted by atomic mass is 9.83. The van der Waals surface area contributed by atoms with E-state index in [2.05, 4.69) is 27.6 Å². The van der Waals surface area contributed by atoms with Crippen molar-refractivity contribution >= 4 is 0 Å². The fourth-order valence-corrected chi connectivity index (χ4v) is 3.44. The van der Waals surface area contributed by atoms with Crippen LogP contribution in [0.25, 0.3) is 0 Å². The van der Waals surface area contributed by atoms with Gasteiger partial charge in [0.05, 0.1) is 12.6 Å². The summed E-state index contributed by atoms with van der Waals surface area (Å²) >= 11 is 0. The molecule has 106 valence electrons. The summed E-state index contributed by atoms with van der Waals surface area (Å²) in [5, 5.41) is 0. The average molecular weight is 264 g/mol. The Bertz CT molecular complexity index is 433. The molecule has 2 aliphatic heterocycles. The van der Waals surface area contributed by atoms with E-state index in [0.717, 1.165) is 45.5 Å². The van der Waals surface area contributed by atoms with Gasteiger partial charge < -0.3 is 15.0 Å². The van der Waals surface area contributed by atoms with Gasteiger partial charge in [0.2, 0.25) is 0 Å². The summed E-state index contributed by atoms with van der Waals surface area (Å²) in [5.41, 5.74) is 6.26. The smallest absolute Gasteiger partial charge is 0.122 e. The maximum absolute atomic E-state index is 6.16. The minimum Gasteiger partial charge on any atom is -0.378 e. The zero-order chi connectivity index (χ0) is 13.3. The van der Waals surface area contributed by atoms with Gasteiger partial charge >= 0.3 is 0 Å². The second kappa shape index (κ2) is 5.23. The van der Waals surface area contributed by atoms with Crippen molar-refractivity contribution in [3.8, 4) is 0 Å². The molecule has 0 aromatic carbocycles. The molecular weight excluding hydrogens is 240 g/mol. The average Bonchev–Trinajstić information content (AvgIpc) is 2.94. The molecule has 5 heteroatoms. The molecule has 0 bridgehead atoms. The van der Waals surface area contributed by atoms with Crippen molar-refractivity contribution in [2.45, 2.75) is 50.9 Å². The molecule has 1 fully saturated rings. The molecule has 5 nitrogen and oxygen atoms in total. The third-order valence-corrected chi connectivity index (χ3v) is 4.78. The monoisotopic (exact) mass is 264 g/mol. The van der Waals surface area contributed by atoms with E-state index in [0.29, 0.717) is 12.6 Å². The predicted octanol–water partition coefficient (Wildman–Crippen LogP) is 0.985. The van der Waals surface area contributed by atoms with E-state index in [1.54, 1.807) is 0 Å². The highest BCUT2D eigenvalue weighted by molar-refractivity contribution is 5.03. The van der Waals surface area contributed by atoms with Gasteiger partial charge in [0.25, 0.3) is 0 Å². The number of rotatable bonds is 3. The molecule has 0 aliphatic carbocycles. The van der Waals surface area contributed by atoms with Crippen molar-refractivity contribution in [3.63, 3.8) is 0 Å². The van der Waals surface area contributed by atoms with Gasteiger partial charge in [0.15, 0.2) is 0 Å². The summed E-state index contributed by atoms with van der Waals surface area (Å²) in [7, 11) is 0. The van der Waals surface area contributed by atoms with Crippen molar-refractivity contribution in [1.82, 2.24) is 14.5 Å². The first-order chi connectivity index (χ1) is 9.27. The van der Waals surface area contributed by atoms with Crippen LogP contribution in [0.5, 0.6) is 0 Å². The topological polar surface area (TPSA) is 56.3 Å². The molecule has 19 heavy (non-hydrogen) atoms. The van der Waals surface area contributed by atoms with Crippen molar-refractivity contribution in [3.05, 3.63) is 18.2 Å². The minimum atomic E-state index is 0.107. The second-order valence-corrected chi connectivity index (χ2v) is 5.74. The van der Waals surface area contributed by atoms with Crippen LogP contribution in [-0.4, -0.2) is 45.8 Å². The van der Waals surface area contributed by atoms with Crippen LogP contribution >= 0.6 is 0 Å². The molecule has 2 N–H and O–H groups in total. The zero-order valence-corrected chi connectivity index (χ0v) is 11.7. The van der Waals surface area contributed by atoms with Gasteiger partial charge in [-0.25, -0.2) is 4.98 Å². The number of fused-ring (bicyclic) bond motifs is 1. The Labute approximate surface area is 114 Å². The summed E-state index contributed by atoms with van der Waals surface area (Å²) in [6.07, 6.45) is 7.50. The van der Waals surface area contributed by atoms with Gasteiger partial charge in [-0.05, 0) is 19.3 Å². The van der Waals surface area contributed by atoms with Crippen LogP contribution in [0.2, 0.25) is 0 Å². The molecule has 2 atom stereocenters. The van der Waals surface area contributed by atoms with Gasteiger partial charge in [0, 0.05) is 44.2 Å². The molecule has 0 radical (unpaired) electrons. The van der Waals surface area contributed by atoms with Crippen molar-refractivity contribution < 1.29 is 4.74 Å². The van der Waals surface area contributed by atoms with E-state index >= 15 is 0 Å². The van der Waals surface area contributed by atoms with Crippen molar-refractivity contribution in [2.24, 2.45) is 5.73 Å².